The average Bonchev–Trinajstić information content (AvgIpc) is 2.86. The van der Waals surface area contributed by atoms with E-state index in [1.54, 1.807) is 0 Å². The monoisotopic (exact) mass is 402 g/mol. The second-order valence-electron chi connectivity index (χ2n) is 12.4. The van der Waals surface area contributed by atoms with Crippen molar-refractivity contribution in [3.8, 4) is 0 Å². The van der Waals surface area contributed by atoms with Crippen molar-refractivity contribution in [3.63, 3.8) is 0 Å². The third kappa shape index (κ3) is 2.99. The number of fused-ring (bicyclic) bond motifs is 5. The van der Waals surface area contributed by atoms with Crippen LogP contribution >= 0.6 is 0 Å². The quantitative estimate of drug-likeness (QED) is 0.737. The van der Waals surface area contributed by atoms with E-state index in [4.69, 9.17) is 0 Å². The molecule has 0 bridgehead atoms. The first-order chi connectivity index (χ1) is 13.3. The van der Waals surface area contributed by atoms with E-state index >= 15 is 0 Å². The average molecular weight is 403 g/mol. The number of aliphatic hydroxyl groups is 1. The van der Waals surface area contributed by atoms with Crippen molar-refractivity contribution in [1.82, 2.24) is 0 Å². The highest BCUT2D eigenvalue weighted by molar-refractivity contribution is 5.92. The molecule has 4 fully saturated rings. The molecule has 4 heteroatoms. The van der Waals surface area contributed by atoms with Gasteiger partial charge in [-0.15, -0.1) is 0 Å². The third-order valence-corrected chi connectivity index (χ3v) is 9.47. The molecular formula is C25H38O4. The van der Waals surface area contributed by atoms with Crippen LogP contribution < -0.4 is 0 Å². The van der Waals surface area contributed by atoms with Crippen LogP contribution in [0.1, 0.15) is 92.4 Å². The van der Waals surface area contributed by atoms with Crippen molar-refractivity contribution in [3.05, 3.63) is 0 Å². The Morgan fingerprint density at radius 1 is 1.10 bits per heavy atom. The summed E-state index contributed by atoms with van der Waals surface area (Å²) < 4.78 is 0. The van der Waals surface area contributed by atoms with Gasteiger partial charge in [-0.05, 0) is 60.7 Å². The summed E-state index contributed by atoms with van der Waals surface area (Å²) in [6.45, 7) is 10.3. The summed E-state index contributed by atoms with van der Waals surface area (Å²) >= 11 is 0. The summed E-state index contributed by atoms with van der Waals surface area (Å²) in [5, 5.41) is 11.7. The minimum Gasteiger partial charge on any atom is -0.381 e. The molecule has 0 heterocycles. The van der Waals surface area contributed by atoms with Gasteiger partial charge in [0.1, 0.15) is 17.2 Å². The van der Waals surface area contributed by atoms with Crippen molar-refractivity contribution in [2.24, 2.45) is 39.9 Å². The maximum absolute atomic E-state index is 13.6. The van der Waals surface area contributed by atoms with Gasteiger partial charge in [0.15, 0.2) is 5.78 Å². The lowest BCUT2D eigenvalue weighted by atomic mass is 9.44. The summed E-state index contributed by atoms with van der Waals surface area (Å²) in [6, 6.07) is 0. The molecule has 4 aliphatic rings. The Morgan fingerprint density at radius 3 is 2.45 bits per heavy atom. The van der Waals surface area contributed by atoms with Crippen LogP contribution in [0.15, 0.2) is 0 Å². The smallest absolute Gasteiger partial charge is 0.165 e. The molecule has 0 spiro atoms. The van der Waals surface area contributed by atoms with Gasteiger partial charge in [-0.25, -0.2) is 0 Å². The zero-order chi connectivity index (χ0) is 21.4. The highest BCUT2D eigenvalue weighted by Crippen LogP contribution is 2.67. The van der Waals surface area contributed by atoms with Crippen molar-refractivity contribution >= 4 is 17.3 Å². The molecule has 1 N–H and O–H groups in total. The van der Waals surface area contributed by atoms with Crippen molar-refractivity contribution in [1.29, 1.82) is 0 Å². The fraction of sp³-hybridized carbons (Fsp3) is 0.880. The van der Waals surface area contributed by atoms with Crippen molar-refractivity contribution in [2.75, 3.05) is 0 Å². The fourth-order valence-electron chi connectivity index (χ4n) is 7.95. The molecule has 0 saturated heterocycles. The second kappa shape index (κ2) is 6.48. The molecule has 4 aliphatic carbocycles. The number of carbonyl (C=O) groups is 3. The Morgan fingerprint density at radius 2 is 1.79 bits per heavy atom. The number of carbonyl (C=O) groups excluding carboxylic acids is 3. The molecule has 0 aliphatic heterocycles. The minimum atomic E-state index is -1.38. The maximum atomic E-state index is 13.6. The Hall–Kier alpha value is -1.03. The van der Waals surface area contributed by atoms with E-state index in [9.17, 15) is 19.5 Å². The molecule has 4 saturated carbocycles. The molecule has 0 radical (unpaired) electrons. The van der Waals surface area contributed by atoms with Gasteiger partial charge in [0, 0.05) is 37.0 Å². The van der Waals surface area contributed by atoms with Crippen LogP contribution in [0.3, 0.4) is 0 Å². The number of ketones is 3. The van der Waals surface area contributed by atoms with Crippen molar-refractivity contribution < 1.29 is 19.5 Å². The van der Waals surface area contributed by atoms with Gasteiger partial charge in [-0.3, -0.25) is 14.4 Å². The van der Waals surface area contributed by atoms with Crippen LogP contribution in [0.4, 0.5) is 0 Å². The van der Waals surface area contributed by atoms with E-state index in [1.807, 2.05) is 27.7 Å². The van der Waals surface area contributed by atoms with Gasteiger partial charge in [0.2, 0.25) is 0 Å². The maximum Gasteiger partial charge on any atom is 0.165 e. The van der Waals surface area contributed by atoms with Gasteiger partial charge >= 0.3 is 0 Å². The predicted molar refractivity (Wildman–Crippen MR) is 111 cm³/mol. The van der Waals surface area contributed by atoms with E-state index < -0.39 is 11.0 Å². The molecule has 4 rings (SSSR count). The molecule has 0 aromatic rings. The van der Waals surface area contributed by atoms with Gasteiger partial charge < -0.3 is 5.11 Å². The first-order valence-electron chi connectivity index (χ1n) is 11.6. The minimum absolute atomic E-state index is 0.00695. The number of hydrogen-bond donors (Lipinski definition) is 1. The Balaban J connectivity index is 1.66. The van der Waals surface area contributed by atoms with Gasteiger partial charge in [-0.1, -0.05) is 34.6 Å². The molecule has 0 amide bonds. The molecular weight excluding hydrogens is 364 g/mol. The van der Waals surface area contributed by atoms with E-state index in [2.05, 4.69) is 6.92 Å². The molecule has 2 unspecified atom stereocenters. The van der Waals surface area contributed by atoms with Crippen LogP contribution in [0.2, 0.25) is 0 Å². The first kappa shape index (κ1) is 21.2. The highest BCUT2D eigenvalue weighted by Gasteiger charge is 2.68. The molecule has 162 valence electrons. The standard InChI is InChI=1S/C25H38O4/c1-22(2,3)14-20(28)25(29)11-9-18-17-7-6-15-12-16(26)8-10-23(15,4)21(17)19(27)13-24(18,25)5/h15,17-18,21,29H,6-14H2,1-5H3/t15?,17-,18-,21?,23-,24-,25-/m0/s1. The summed E-state index contributed by atoms with van der Waals surface area (Å²) in [4.78, 5) is 38.9. The molecule has 4 nitrogen and oxygen atoms in total. The van der Waals surface area contributed by atoms with Gasteiger partial charge in [0.05, 0.1) is 0 Å². The van der Waals surface area contributed by atoms with Crippen LogP contribution in [0, 0.1) is 39.9 Å². The predicted octanol–water partition coefficient (Wildman–Crippen LogP) is 4.51. The van der Waals surface area contributed by atoms with E-state index in [0.29, 0.717) is 43.8 Å². The number of rotatable bonds is 2. The van der Waals surface area contributed by atoms with Gasteiger partial charge in [-0.2, -0.15) is 0 Å². The van der Waals surface area contributed by atoms with E-state index in [1.165, 1.54) is 0 Å². The Bertz CT molecular complexity index is 748. The Labute approximate surface area is 175 Å². The highest BCUT2D eigenvalue weighted by atomic mass is 16.3. The van der Waals surface area contributed by atoms with E-state index in [-0.39, 0.29) is 40.2 Å². The zero-order valence-electron chi connectivity index (χ0n) is 18.8. The third-order valence-electron chi connectivity index (χ3n) is 9.47. The van der Waals surface area contributed by atoms with Gasteiger partial charge in [0.25, 0.3) is 0 Å². The van der Waals surface area contributed by atoms with Crippen LogP contribution in [0.5, 0.6) is 0 Å². The summed E-state index contributed by atoms with van der Waals surface area (Å²) in [6.07, 6.45) is 5.96. The van der Waals surface area contributed by atoms with Crippen molar-refractivity contribution in [2.45, 2.75) is 98.0 Å². The summed E-state index contributed by atoms with van der Waals surface area (Å²) in [7, 11) is 0. The van der Waals surface area contributed by atoms with Crippen LogP contribution in [-0.4, -0.2) is 28.1 Å². The largest absolute Gasteiger partial charge is 0.381 e. The second-order valence-corrected chi connectivity index (χ2v) is 12.4. The van der Waals surface area contributed by atoms with Crippen LogP contribution in [0.25, 0.3) is 0 Å². The first-order valence-corrected chi connectivity index (χ1v) is 11.6. The molecule has 0 aromatic heterocycles. The SMILES string of the molecule is CC(C)(C)CC(=O)[C@@]1(O)CC[C@H]2[C@@H]3CCC4CC(=O)CC[C@]4(C)C3C(=O)C[C@@]21C. The lowest BCUT2D eigenvalue weighted by molar-refractivity contribution is -0.178. The van der Waals surface area contributed by atoms with Crippen LogP contribution in [-0.2, 0) is 14.4 Å². The lowest BCUT2D eigenvalue weighted by Gasteiger charge is -2.59. The zero-order valence-corrected chi connectivity index (χ0v) is 18.8. The molecule has 0 aromatic carbocycles. The normalized spacial score (nSPS) is 47.4. The number of hydrogen-bond acceptors (Lipinski definition) is 4. The Kier molecular flexibility index (Phi) is 4.74. The number of Topliss-reactive ketones (excluding diaryl/α,β-unsaturated/α-hetero) is 3. The topological polar surface area (TPSA) is 71.4 Å². The molecule has 29 heavy (non-hydrogen) atoms. The summed E-state index contributed by atoms with van der Waals surface area (Å²) in [5.41, 5.74) is -2.30. The fourth-order valence-corrected chi connectivity index (χ4v) is 7.95. The molecule has 7 atom stereocenters. The van der Waals surface area contributed by atoms with E-state index in [0.717, 1.165) is 25.7 Å². The summed E-state index contributed by atoms with van der Waals surface area (Å²) in [5.74, 6) is 1.28. The lowest BCUT2D eigenvalue weighted by Crippen LogP contribution is -2.61.